The van der Waals surface area contributed by atoms with Crippen LogP contribution in [0.1, 0.15) is 29.8 Å². The predicted octanol–water partition coefficient (Wildman–Crippen LogP) is 5.16. The molecule has 24 heavy (non-hydrogen) atoms. The lowest BCUT2D eigenvalue weighted by Crippen LogP contribution is -2.22. The molecule has 2 aromatic carbocycles. The monoisotopic (exact) mass is 362 g/mol. The van der Waals surface area contributed by atoms with E-state index >= 15 is 0 Å². The number of halogens is 1. The Labute approximate surface area is 153 Å². The molecule has 2 aromatic rings. The molecule has 0 spiro atoms. The van der Waals surface area contributed by atoms with Gasteiger partial charge in [-0.1, -0.05) is 37.6 Å². The van der Waals surface area contributed by atoms with Gasteiger partial charge in [-0.25, -0.2) is 0 Å². The van der Waals surface area contributed by atoms with Crippen LogP contribution in [0.5, 0.6) is 0 Å². The number of carbonyl (C=O) groups excluding carboxylic acids is 1. The van der Waals surface area contributed by atoms with Gasteiger partial charge in [0.15, 0.2) is 0 Å². The van der Waals surface area contributed by atoms with Gasteiger partial charge in [0.25, 0.3) is 5.91 Å². The van der Waals surface area contributed by atoms with Crippen LogP contribution < -0.4 is 5.32 Å². The molecular formula is C19H23ClN2OS. The molecule has 0 bridgehead atoms. The summed E-state index contributed by atoms with van der Waals surface area (Å²) in [7, 11) is 0. The molecule has 5 heteroatoms. The third-order valence-corrected chi connectivity index (χ3v) is 5.15. The van der Waals surface area contributed by atoms with Crippen LogP contribution >= 0.6 is 23.4 Å². The van der Waals surface area contributed by atoms with E-state index in [2.05, 4.69) is 24.1 Å². The Balaban J connectivity index is 2.03. The Morgan fingerprint density at radius 1 is 1.12 bits per heavy atom. The summed E-state index contributed by atoms with van der Waals surface area (Å²) in [6.07, 6.45) is 1.97. The average Bonchev–Trinajstić information content (AvgIpc) is 2.60. The molecule has 0 aliphatic carbocycles. The maximum atomic E-state index is 12.4. The third kappa shape index (κ3) is 5.00. The number of hydrogen-bond donors (Lipinski definition) is 1. The molecule has 0 saturated heterocycles. The molecule has 1 N–H and O–H groups in total. The number of nitrogens with one attached hydrogen (secondary N) is 1. The quantitative estimate of drug-likeness (QED) is 0.691. The Kier molecular flexibility index (Phi) is 7.16. The number of amides is 1. The number of carbonyl (C=O) groups is 1. The van der Waals surface area contributed by atoms with Crippen molar-refractivity contribution in [2.24, 2.45) is 0 Å². The largest absolute Gasteiger partial charge is 0.322 e. The minimum Gasteiger partial charge on any atom is -0.322 e. The first-order chi connectivity index (χ1) is 11.6. The van der Waals surface area contributed by atoms with E-state index in [1.165, 1.54) is 5.56 Å². The maximum absolute atomic E-state index is 12.4. The highest BCUT2D eigenvalue weighted by Crippen LogP contribution is 2.28. The van der Waals surface area contributed by atoms with Crippen LogP contribution in [0.4, 0.5) is 5.69 Å². The Morgan fingerprint density at radius 2 is 1.79 bits per heavy atom. The van der Waals surface area contributed by atoms with Gasteiger partial charge in [-0.2, -0.15) is 0 Å². The lowest BCUT2D eigenvalue weighted by atomic mass is 10.1. The van der Waals surface area contributed by atoms with Gasteiger partial charge in [-0.05, 0) is 55.2 Å². The smallest absolute Gasteiger partial charge is 0.255 e. The van der Waals surface area contributed by atoms with Crippen LogP contribution in [-0.4, -0.2) is 30.2 Å². The van der Waals surface area contributed by atoms with Crippen LogP contribution in [0.15, 0.2) is 47.4 Å². The van der Waals surface area contributed by atoms with Crippen molar-refractivity contribution in [3.05, 3.63) is 58.6 Å². The minimum atomic E-state index is -0.127. The zero-order chi connectivity index (χ0) is 17.5. The second-order valence-corrected chi connectivity index (χ2v) is 6.72. The van der Waals surface area contributed by atoms with E-state index in [1.807, 2.05) is 42.7 Å². The molecule has 0 aliphatic rings. The molecule has 0 atom stereocenters. The van der Waals surface area contributed by atoms with E-state index in [9.17, 15) is 4.79 Å². The maximum Gasteiger partial charge on any atom is 0.255 e. The summed E-state index contributed by atoms with van der Waals surface area (Å²) in [5.41, 5.74) is 2.56. The van der Waals surface area contributed by atoms with Crippen molar-refractivity contribution in [1.82, 2.24) is 4.90 Å². The minimum absolute atomic E-state index is 0.127. The number of hydrogen-bond acceptors (Lipinski definition) is 3. The van der Waals surface area contributed by atoms with Crippen molar-refractivity contribution in [2.75, 3.05) is 24.7 Å². The predicted molar refractivity (Wildman–Crippen MR) is 104 cm³/mol. The van der Waals surface area contributed by atoms with Gasteiger partial charge < -0.3 is 5.32 Å². The van der Waals surface area contributed by atoms with E-state index in [-0.39, 0.29) is 5.91 Å². The van der Waals surface area contributed by atoms with Crippen LogP contribution in [0.25, 0.3) is 0 Å². The van der Waals surface area contributed by atoms with E-state index in [4.69, 9.17) is 11.6 Å². The topological polar surface area (TPSA) is 32.3 Å². The van der Waals surface area contributed by atoms with Crippen LogP contribution in [0.3, 0.4) is 0 Å². The van der Waals surface area contributed by atoms with Crippen molar-refractivity contribution in [1.29, 1.82) is 0 Å². The highest BCUT2D eigenvalue weighted by Gasteiger charge is 2.08. The van der Waals surface area contributed by atoms with Gasteiger partial charge in [-0.15, -0.1) is 11.8 Å². The summed E-state index contributed by atoms with van der Waals surface area (Å²) >= 11 is 7.76. The molecule has 0 unspecified atom stereocenters. The van der Waals surface area contributed by atoms with E-state index in [0.29, 0.717) is 16.3 Å². The summed E-state index contributed by atoms with van der Waals surface area (Å²) in [4.78, 5) is 15.7. The SMILES string of the molecule is CCN(CC)Cc1ccc(C(=O)Nc2ccc(SC)c(Cl)c2)cc1. The molecule has 0 saturated carbocycles. The van der Waals surface area contributed by atoms with Gasteiger partial charge in [0.2, 0.25) is 0 Å². The standard InChI is InChI=1S/C19H23ClN2OS/c1-4-22(5-2)13-14-6-8-15(9-7-14)19(23)21-16-10-11-18(24-3)17(20)12-16/h6-12H,4-5,13H2,1-3H3,(H,21,23). The number of rotatable bonds is 7. The van der Waals surface area contributed by atoms with Crippen LogP contribution in [0.2, 0.25) is 5.02 Å². The fraction of sp³-hybridized carbons (Fsp3) is 0.316. The molecule has 0 fully saturated rings. The average molecular weight is 363 g/mol. The molecular weight excluding hydrogens is 340 g/mol. The zero-order valence-corrected chi connectivity index (χ0v) is 15.9. The Hall–Kier alpha value is -1.49. The van der Waals surface area contributed by atoms with E-state index < -0.39 is 0 Å². The number of benzene rings is 2. The third-order valence-electron chi connectivity index (χ3n) is 3.93. The van der Waals surface area contributed by atoms with Gasteiger partial charge in [-0.3, -0.25) is 9.69 Å². The fourth-order valence-corrected chi connectivity index (χ4v) is 3.28. The second-order valence-electron chi connectivity index (χ2n) is 5.46. The van der Waals surface area contributed by atoms with Gasteiger partial charge in [0.05, 0.1) is 5.02 Å². The van der Waals surface area contributed by atoms with Crippen LogP contribution in [0, 0.1) is 0 Å². The summed E-state index contributed by atoms with van der Waals surface area (Å²) < 4.78 is 0. The van der Waals surface area contributed by atoms with Crippen molar-refractivity contribution in [3.8, 4) is 0 Å². The first-order valence-corrected chi connectivity index (χ1v) is 9.63. The molecule has 3 nitrogen and oxygen atoms in total. The number of nitrogens with zero attached hydrogens (tertiary/aromatic N) is 1. The molecule has 0 radical (unpaired) electrons. The summed E-state index contributed by atoms with van der Waals surface area (Å²) in [6, 6.07) is 13.3. The summed E-state index contributed by atoms with van der Waals surface area (Å²) in [5.74, 6) is -0.127. The Morgan fingerprint density at radius 3 is 2.33 bits per heavy atom. The van der Waals surface area contributed by atoms with Gasteiger partial charge >= 0.3 is 0 Å². The molecule has 0 heterocycles. The van der Waals surface area contributed by atoms with Crippen molar-refractivity contribution in [3.63, 3.8) is 0 Å². The highest BCUT2D eigenvalue weighted by atomic mass is 35.5. The molecule has 2 rings (SSSR count). The first-order valence-electron chi connectivity index (χ1n) is 8.03. The van der Waals surface area contributed by atoms with E-state index in [0.717, 1.165) is 24.5 Å². The number of anilines is 1. The molecule has 1 amide bonds. The Bertz CT molecular complexity index is 684. The van der Waals surface area contributed by atoms with Crippen molar-refractivity contribution >= 4 is 35.0 Å². The van der Waals surface area contributed by atoms with Crippen molar-refractivity contribution in [2.45, 2.75) is 25.3 Å². The first kappa shape index (κ1) is 18.8. The molecule has 0 aromatic heterocycles. The zero-order valence-electron chi connectivity index (χ0n) is 14.3. The normalized spacial score (nSPS) is 10.9. The summed E-state index contributed by atoms with van der Waals surface area (Å²) in [6.45, 7) is 7.25. The lowest BCUT2D eigenvalue weighted by molar-refractivity contribution is 0.102. The fourth-order valence-electron chi connectivity index (χ4n) is 2.41. The second kappa shape index (κ2) is 9.11. The van der Waals surface area contributed by atoms with Gasteiger partial charge in [0.1, 0.15) is 0 Å². The molecule has 128 valence electrons. The molecule has 0 aliphatic heterocycles. The van der Waals surface area contributed by atoms with Crippen LogP contribution in [-0.2, 0) is 6.54 Å². The summed E-state index contributed by atoms with van der Waals surface area (Å²) in [5, 5.41) is 3.54. The number of thioether (sulfide) groups is 1. The van der Waals surface area contributed by atoms with E-state index in [1.54, 1.807) is 17.8 Å². The highest BCUT2D eigenvalue weighted by molar-refractivity contribution is 7.98. The van der Waals surface area contributed by atoms with Gasteiger partial charge in [0, 0.05) is 22.7 Å². The van der Waals surface area contributed by atoms with Crippen molar-refractivity contribution < 1.29 is 4.79 Å². The lowest BCUT2D eigenvalue weighted by Gasteiger charge is -2.18.